The molecule has 0 aromatic rings. The molecular weight excluding hydrogens is 150 g/mol. The van der Waals surface area contributed by atoms with Crippen molar-refractivity contribution in [3.63, 3.8) is 0 Å². The molecule has 70 valence electrons. The normalized spacial score (nSPS) is 29.9. The minimum absolute atomic E-state index is 0.316. The number of rotatable bonds is 1. The number of hydrogen-bond donors (Lipinski definition) is 0. The summed E-state index contributed by atoms with van der Waals surface area (Å²) in [5.74, 6) is 1.47. The van der Waals surface area contributed by atoms with Crippen LogP contribution in [0, 0.1) is 11.8 Å². The van der Waals surface area contributed by atoms with E-state index in [4.69, 9.17) is 0 Å². The van der Waals surface area contributed by atoms with E-state index in [0.29, 0.717) is 11.8 Å². The highest BCUT2D eigenvalue weighted by atomic mass is 16.2. The summed E-state index contributed by atoms with van der Waals surface area (Å²) >= 11 is 0. The second kappa shape index (κ2) is 3.92. The van der Waals surface area contributed by atoms with E-state index in [1.54, 1.807) is 4.90 Å². The molecule has 0 unspecified atom stereocenters. The lowest BCUT2D eigenvalue weighted by Gasteiger charge is -2.27. The van der Waals surface area contributed by atoms with E-state index < -0.39 is 0 Å². The highest BCUT2D eigenvalue weighted by molar-refractivity contribution is 5.78. The average Bonchev–Trinajstić information content (AvgIpc) is 2.04. The molecule has 1 aliphatic rings. The van der Waals surface area contributed by atoms with Crippen LogP contribution in [0.1, 0.15) is 32.6 Å². The van der Waals surface area contributed by atoms with Gasteiger partial charge in [0.2, 0.25) is 5.91 Å². The van der Waals surface area contributed by atoms with Crippen molar-refractivity contribution in [3.8, 4) is 0 Å². The first-order valence-corrected chi connectivity index (χ1v) is 4.82. The monoisotopic (exact) mass is 169 g/mol. The van der Waals surface area contributed by atoms with Crippen molar-refractivity contribution in [2.75, 3.05) is 14.1 Å². The molecule has 2 nitrogen and oxygen atoms in total. The summed E-state index contributed by atoms with van der Waals surface area (Å²) in [6.07, 6.45) is 4.64. The molecule has 0 radical (unpaired) electrons. The highest BCUT2D eigenvalue weighted by Crippen LogP contribution is 2.28. The fourth-order valence-corrected chi connectivity index (χ4v) is 1.87. The molecule has 0 aromatic carbocycles. The number of hydrogen-bond acceptors (Lipinski definition) is 1. The largest absolute Gasteiger partial charge is 0.349 e. The molecule has 1 rings (SSSR count). The molecule has 0 heterocycles. The van der Waals surface area contributed by atoms with Gasteiger partial charge in [0, 0.05) is 20.0 Å². The number of carbonyl (C=O) groups excluding carboxylic acids is 1. The third kappa shape index (κ3) is 2.23. The van der Waals surface area contributed by atoms with Gasteiger partial charge in [-0.3, -0.25) is 4.79 Å². The Hall–Kier alpha value is -0.530. The molecule has 0 spiro atoms. The summed E-state index contributed by atoms with van der Waals surface area (Å²) in [6, 6.07) is 0. The van der Waals surface area contributed by atoms with Gasteiger partial charge < -0.3 is 4.90 Å². The molecule has 1 fully saturated rings. The fourth-order valence-electron chi connectivity index (χ4n) is 1.87. The first-order valence-electron chi connectivity index (χ1n) is 4.82. The predicted octanol–water partition coefficient (Wildman–Crippen LogP) is 1.90. The predicted molar refractivity (Wildman–Crippen MR) is 49.8 cm³/mol. The Morgan fingerprint density at radius 3 is 2.08 bits per heavy atom. The van der Waals surface area contributed by atoms with E-state index in [1.165, 1.54) is 12.8 Å². The van der Waals surface area contributed by atoms with E-state index in [2.05, 4.69) is 6.92 Å². The Labute approximate surface area is 74.9 Å². The summed E-state index contributed by atoms with van der Waals surface area (Å²) in [5.41, 5.74) is 0. The average molecular weight is 169 g/mol. The molecule has 0 bridgehead atoms. The van der Waals surface area contributed by atoms with Crippen LogP contribution in [0.15, 0.2) is 0 Å². The summed E-state index contributed by atoms with van der Waals surface area (Å²) in [5, 5.41) is 0. The zero-order valence-electron chi connectivity index (χ0n) is 8.34. The van der Waals surface area contributed by atoms with Gasteiger partial charge in [-0.05, 0) is 31.6 Å². The van der Waals surface area contributed by atoms with Crippen LogP contribution >= 0.6 is 0 Å². The lowest BCUT2D eigenvalue weighted by Crippen LogP contribution is -2.31. The molecule has 1 amide bonds. The van der Waals surface area contributed by atoms with Gasteiger partial charge in [-0.2, -0.15) is 0 Å². The van der Waals surface area contributed by atoms with Gasteiger partial charge >= 0.3 is 0 Å². The van der Waals surface area contributed by atoms with Crippen LogP contribution in [0.4, 0.5) is 0 Å². The van der Waals surface area contributed by atoms with Crippen molar-refractivity contribution in [3.05, 3.63) is 0 Å². The van der Waals surface area contributed by atoms with E-state index in [-0.39, 0.29) is 0 Å². The second-order valence-corrected chi connectivity index (χ2v) is 4.19. The maximum Gasteiger partial charge on any atom is 0.225 e. The van der Waals surface area contributed by atoms with Crippen molar-refractivity contribution < 1.29 is 4.79 Å². The van der Waals surface area contributed by atoms with Gasteiger partial charge in [0.05, 0.1) is 0 Å². The van der Waals surface area contributed by atoms with Gasteiger partial charge in [-0.25, -0.2) is 0 Å². The zero-order valence-corrected chi connectivity index (χ0v) is 8.34. The van der Waals surface area contributed by atoms with Crippen molar-refractivity contribution in [1.82, 2.24) is 4.90 Å². The van der Waals surface area contributed by atoms with Gasteiger partial charge in [0.25, 0.3) is 0 Å². The molecule has 2 heteroatoms. The van der Waals surface area contributed by atoms with E-state index in [0.717, 1.165) is 18.8 Å². The van der Waals surface area contributed by atoms with Crippen molar-refractivity contribution in [1.29, 1.82) is 0 Å². The number of carbonyl (C=O) groups is 1. The fraction of sp³-hybridized carbons (Fsp3) is 0.900. The molecule has 0 N–H and O–H groups in total. The number of nitrogens with zero attached hydrogens (tertiary/aromatic N) is 1. The van der Waals surface area contributed by atoms with Crippen LogP contribution in [0.5, 0.6) is 0 Å². The minimum Gasteiger partial charge on any atom is -0.349 e. The molecule has 12 heavy (non-hydrogen) atoms. The Kier molecular flexibility index (Phi) is 3.12. The zero-order chi connectivity index (χ0) is 9.14. The molecular formula is C10H19NO. The van der Waals surface area contributed by atoms with Crippen molar-refractivity contribution in [2.45, 2.75) is 32.6 Å². The molecule has 0 aliphatic heterocycles. The van der Waals surface area contributed by atoms with Crippen molar-refractivity contribution >= 4 is 5.91 Å². The molecule has 1 saturated carbocycles. The third-order valence-electron chi connectivity index (χ3n) is 2.81. The quantitative estimate of drug-likeness (QED) is 0.587. The lowest BCUT2D eigenvalue weighted by atomic mass is 9.82. The second-order valence-electron chi connectivity index (χ2n) is 4.19. The summed E-state index contributed by atoms with van der Waals surface area (Å²) in [4.78, 5) is 13.3. The van der Waals surface area contributed by atoms with Gasteiger partial charge in [0.1, 0.15) is 0 Å². The van der Waals surface area contributed by atoms with Gasteiger partial charge in [0.15, 0.2) is 0 Å². The maximum absolute atomic E-state index is 11.5. The van der Waals surface area contributed by atoms with Crippen LogP contribution < -0.4 is 0 Å². The van der Waals surface area contributed by atoms with E-state index >= 15 is 0 Å². The van der Waals surface area contributed by atoms with Crippen LogP contribution in [-0.2, 0) is 4.79 Å². The smallest absolute Gasteiger partial charge is 0.225 e. The summed E-state index contributed by atoms with van der Waals surface area (Å²) < 4.78 is 0. The topological polar surface area (TPSA) is 20.3 Å². The van der Waals surface area contributed by atoms with Crippen LogP contribution in [0.25, 0.3) is 0 Å². The Bertz CT molecular complexity index is 157. The SMILES string of the molecule is CN(C)C(=O)[C@H]1CC[C@@H](C)CC1. The first kappa shape index (κ1) is 9.56. The standard InChI is InChI=1S/C10H19NO/c1-8-4-6-9(7-5-8)10(12)11(2)3/h8-9H,4-7H2,1-3H3/t8-,9+. The van der Waals surface area contributed by atoms with Crippen LogP contribution in [0.3, 0.4) is 0 Å². The molecule has 0 atom stereocenters. The maximum atomic E-state index is 11.5. The minimum atomic E-state index is 0.316. The van der Waals surface area contributed by atoms with E-state index in [1.807, 2.05) is 14.1 Å². The highest BCUT2D eigenvalue weighted by Gasteiger charge is 2.24. The third-order valence-corrected chi connectivity index (χ3v) is 2.81. The van der Waals surface area contributed by atoms with Crippen molar-refractivity contribution in [2.24, 2.45) is 11.8 Å². The Morgan fingerprint density at radius 1 is 1.17 bits per heavy atom. The van der Waals surface area contributed by atoms with Crippen LogP contribution in [0.2, 0.25) is 0 Å². The summed E-state index contributed by atoms with van der Waals surface area (Å²) in [7, 11) is 3.70. The number of amides is 1. The lowest BCUT2D eigenvalue weighted by molar-refractivity contribution is -0.134. The van der Waals surface area contributed by atoms with Gasteiger partial charge in [-0.1, -0.05) is 6.92 Å². The first-order chi connectivity index (χ1) is 5.61. The van der Waals surface area contributed by atoms with Crippen LogP contribution in [-0.4, -0.2) is 24.9 Å². The Balaban J connectivity index is 2.39. The molecule has 0 aromatic heterocycles. The summed E-state index contributed by atoms with van der Waals surface area (Å²) in [6.45, 7) is 2.27. The Morgan fingerprint density at radius 2 is 1.67 bits per heavy atom. The molecule has 0 saturated heterocycles. The molecule has 1 aliphatic carbocycles. The van der Waals surface area contributed by atoms with Gasteiger partial charge in [-0.15, -0.1) is 0 Å². The van der Waals surface area contributed by atoms with E-state index in [9.17, 15) is 4.79 Å².